The smallest absolute Gasteiger partial charge is 0.191 e. The molecule has 0 radical (unpaired) electrons. The summed E-state index contributed by atoms with van der Waals surface area (Å²) in [6, 6.07) is 8.97. The van der Waals surface area contributed by atoms with Gasteiger partial charge < -0.3 is 19.9 Å². The Morgan fingerprint density at radius 1 is 1.31 bits per heavy atom. The molecular weight excluding hydrogens is 479 g/mol. The van der Waals surface area contributed by atoms with Gasteiger partial charge in [0, 0.05) is 39.3 Å². The van der Waals surface area contributed by atoms with Gasteiger partial charge >= 0.3 is 0 Å². The molecule has 2 unspecified atom stereocenters. The number of guanidine groups is 1. The van der Waals surface area contributed by atoms with Crippen molar-refractivity contribution in [3.8, 4) is 0 Å². The van der Waals surface area contributed by atoms with E-state index in [1.54, 1.807) is 0 Å². The lowest BCUT2D eigenvalue weighted by molar-refractivity contribution is -0.0453. The number of benzene rings is 1. The Hall–Kier alpha value is -1.39. The molecule has 1 aromatic carbocycles. The first-order valence-electron chi connectivity index (χ1n) is 10.5. The number of halogens is 1. The Kier molecular flexibility index (Phi) is 8.14. The fraction of sp³-hybridized carbons (Fsp3) is 0.619. The molecule has 29 heavy (non-hydrogen) atoms. The monoisotopic (exact) mass is 512 g/mol. The van der Waals surface area contributed by atoms with Crippen LogP contribution in [0, 0.1) is 6.92 Å². The van der Waals surface area contributed by atoms with E-state index in [1.165, 1.54) is 24.9 Å². The molecule has 0 bridgehead atoms. The number of rotatable bonds is 6. The molecule has 2 aliphatic heterocycles. The van der Waals surface area contributed by atoms with Gasteiger partial charge in [0.2, 0.25) is 0 Å². The minimum absolute atomic E-state index is 0. The maximum atomic E-state index is 6.02. The Bertz CT molecular complexity index is 823. The summed E-state index contributed by atoms with van der Waals surface area (Å²) in [7, 11) is 1.82. The maximum Gasteiger partial charge on any atom is 0.191 e. The number of nitrogens with one attached hydrogen (secondary N) is 2. The van der Waals surface area contributed by atoms with Gasteiger partial charge in [0.05, 0.1) is 23.7 Å². The Morgan fingerprint density at radius 2 is 2.17 bits per heavy atom. The molecule has 2 saturated heterocycles. The topological polar surface area (TPSA) is 66.7 Å². The molecule has 8 heteroatoms. The lowest BCUT2D eigenvalue weighted by Crippen LogP contribution is -2.51. The summed E-state index contributed by atoms with van der Waals surface area (Å²) in [6.07, 6.45) is 3.85. The van der Waals surface area contributed by atoms with Crippen molar-refractivity contribution >= 4 is 41.0 Å². The van der Waals surface area contributed by atoms with Gasteiger partial charge in [-0.15, -0.1) is 24.0 Å². The average molecular weight is 512 g/mol. The van der Waals surface area contributed by atoms with Crippen LogP contribution in [0.2, 0.25) is 0 Å². The van der Waals surface area contributed by atoms with Crippen LogP contribution in [-0.4, -0.2) is 72.4 Å². The SMILES string of the molecule is CN=C(NCCCn1c(C)nc2ccccc21)NCC1CN2CCCC2CO1.I. The van der Waals surface area contributed by atoms with Crippen LogP contribution in [0.4, 0.5) is 0 Å². The van der Waals surface area contributed by atoms with Crippen molar-refractivity contribution in [2.24, 2.45) is 4.99 Å². The van der Waals surface area contributed by atoms with Crippen LogP contribution >= 0.6 is 24.0 Å². The normalized spacial score (nSPS) is 22.3. The van der Waals surface area contributed by atoms with Crippen molar-refractivity contribution in [1.29, 1.82) is 0 Å². The van der Waals surface area contributed by atoms with E-state index in [9.17, 15) is 0 Å². The summed E-state index contributed by atoms with van der Waals surface area (Å²) < 4.78 is 8.31. The van der Waals surface area contributed by atoms with Gasteiger partial charge in [-0.1, -0.05) is 12.1 Å². The van der Waals surface area contributed by atoms with E-state index in [4.69, 9.17) is 4.74 Å². The molecule has 0 spiro atoms. The standard InChI is InChI=1S/C21H32N6O.HI/c1-16-25-19-8-3-4-9-20(19)27(16)12-6-10-23-21(22-2)24-13-18-14-26-11-5-7-17(26)15-28-18;/h3-4,8-9,17-18H,5-7,10-15H2,1-2H3,(H2,22,23,24);1H. The number of hydrogen-bond donors (Lipinski definition) is 2. The minimum atomic E-state index is 0. The Morgan fingerprint density at radius 3 is 3.03 bits per heavy atom. The molecule has 0 saturated carbocycles. The molecule has 2 fully saturated rings. The van der Waals surface area contributed by atoms with Gasteiger partial charge in [-0.05, 0) is 44.9 Å². The van der Waals surface area contributed by atoms with Gasteiger partial charge in [-0.3, -0.25) is 9.89 Å². The molecule has 0 aliphatic carbocycles. The third kappa shape index (κ3) is 5.40. The number of aliphatic imine (C=N–C) groups is 1. The lowest BCUT2D eigenvalue weighted by atomic mass is 10.2. The van der Waals surface area contributed by atoms with Crippen LogP contribution in [0.3, 0.4) is 0 Å². The van der Waals surface area contributed by atoms with E-state index in [-0.39, 0.29) is 30.1 Å². The van der Waals surface area contributed by atoms with E-state index in [0.717, 1.165) is 56.5 Å². The molecular formula is C21H33IN6O. The van der Waals surface area contributed by atoms with Crippen LogP contribution in [0.15, 0.2) is 29.3 Å². The van der Waals surface area contributed by atoms with Gasteiger partial charge in [-0.2, -0.15) is 0 Å². The fourth-order valence-electron chi connectivity index (χ4n) is 4.36. The lowest BCUT2D eigenvalue weighted by Gasteiger charge is -2.35. The molecule has 160 valence electrons. The van der Waals surface area contributed by atoms with Crippen LogP contribution in [0.1, 0.15) is 25.1 Å². The zero-order valence-electron chi connectivity index (χ0n) is 17.4. The summed E-state index contributed by atoms with van der Waals surface area (Å²) in [5.41, 5.74) is 2.27. The van der Waals surface area contributed by atoms with Gasteiger partial charge in [-0.25, -0.2) is 4.98 Å². The molecule has 2 atom stereocenters. The molecule has 4 rings (SSSR count). The second kappa shape index (κ2) is 10.6. The third-order valence-electron chi connectivity index (χ3n) is 5.88. The van der Waals surface area contributed by atoms with Crippen molar-refractivity contribution in [3.05, 3.63) is 30.1 Å². The van der Waals surface area contributed by atoms with Crippen molar-refractivity contribution < 1.29 is 4.74 Å². The molecule has 1 aromatic heterocycles. The zero-order chi connectivity index (χ0) is 19.3. The number of imidazole rings is 1. The Labute approximate surface area is 190 Å². The van der Waals surface area contributed by atoms with Crippen LogP contribution in [0.5, 0.6) is 0 Å². The van der Waals surface area contributed by atoms with E-state index >= 15 is 0 Å². The highest BCUT2D eigenvalue weighted by molar-refractivity contribution is 14.0. The van der Waals surface area contributed by atoms with Crippen molar-refractivity contribution in [2.75, 3.05) is 39.8 Å². The van der Waals surface area contributed by atoms with Crippen LogP contribution < -0.4 is 10.6 Å². The first-order valence-corrected chi connectivity index (χ1v) is 10.5. The molecule has 2 N–H and O–H groups in total. The predicted octanol–water partition coefficient (Wildman–Crippen LogP) is 2.38. The second-order valence-electron chi connectivity index (χ2n) is 7.78. The number of ether oxygens (including phenoxy) is 1. The summed E-state index contributed by atoms with van der Waals surface area (Å²) >= 11 is 0. The summed E-state index contributed by atoms with van der Waals surface area (Å²) in [6.45, 7) is 7.80. The highest BCUT2D eigenvalue weighted by Gasteiger charge is 2.32. The van der Waals surface area contributed by atoms with Gasteiger partial charge in [0.1, 0.15) is 5.82 Å². The fourth-order valence-corrected chi connectivity index (χ4v) is 4.36. The largest absolute Gasteiger partial charge is 0.373 e. The Balaban J connectivity index is 0.00000240. The van der Waals surface area contributed by atoms with Gasteiger partial charge in [0.15, 0.2) is 5.96 Å². The van der Waals surface area contributed by atoms with Crippen molar-refractivity contribution in [1.82, 2.24) is 25.1 Å². The van der Waals surface area contributed by atoms with Crippen LogP contribution in [0.25, 0.3) is 11.0 Å². The minimum Gasteiger partial charge on any atom is -0.373 e. The number of para-hydroxylation sites is 2. The molecule has 2 aliphatic rings. The van der Waals surface area contributed by atoms with Gasteiger partial charge in [0.25, 0.3) is 0 Å². The number of aromatic nitrogens is 2. The molecule has 3 heterocycles. The van der Waals surface area contributed by atoms with Crippen molar-refractivity contribution in [2.45, 2.75) is 44.9 Å². The zero-order valence-corrected chi connectivity index (χ0v) is 19.8. The predicted molar refractivity (Wildman–Crippen MR) is 128 cm³/mol. The molecule has 0 amide bonds. The summed E-state index contributed by atoms with van der Waals surface area (Å²) in [5, 5.41) is 6.84. The second-order valence-corrected chi connectivity index (χ2v) is 7.78. The maximum absolute atomic E-state index is 6.02. The molecule has 7 nitrogen and oxygen atoms in total. The number of morpholine rings is 1. The highest BCUT2D eigenvalue weighted by atomic mass is 127. The molecule has 2 aromatic rings. The first-order chi connectivity index (χ1) is 13.7. The highest BCUT2D eigenvalue weighted by Crippen LogP contribution is 2.22. The number of nitrogens with zero attached hydrogens (tertiary/aromatic N) is 4. The summed E-state index contributed by atoms with van der Waals surface area (Å²) in [4.78, 5) is 11.6. The number of fused-ring (bicyclic) bond motifs is 2. The van der Waals surface area contributed by atoms with Crippen LogP contribution in [-0.2, 0) is 11.3 Å². The van der Waals surface area contributed by atoms with Crippen molar-refractivity contribution in [3.63, 3.8) is 0 Å². The number of aryl methyl sites for hydroxylation is 2. The quantitative estimate of drug-likeness (QED) is 0.270. The van der Waals surface area contributed by atoms with E-state index in [1.807, 2.05) is 13.1 Å². The van der Waals surface area contributed by atoms with E-state index in [2.05, 4.69) is 55.2 Å². The third-order valence-corrected chi connectivity index (χ3v) is 5.88. The van der Waals surface area contributed by atoms with E-state index in [0.29, 0.717) is 6.04 Å². The van der Waals surface area contributed by atoms with E-state index < -0.39 is 0 Å². The first kappa shape index (κ1) is 22.3. The average Bonchev–Trinajstić information content (AvgIpc) is 3.30. The summed E-state index contributed by atoms with van der Waals surface area (Å²) in [5.74, 6) is 1.91. The number of hydrogen-bond acceptors (Lipinski definition) is 4.